The summed E-state index contributed by atoms with van der Waals surface area (Å²) in [6.07, 6.45) is 1.44. The highest BCUT2D eigenvalue weighted by Gasteiger charge is 2.18. The first-order valence-corrected chi connectivity index (χ1v) is 9.85. The molecule has 4 aromatic rings. The first kappa shape index (κ1) is 20.3. The normalized spacial score (nSPS) is 10.9. The van der Waals surface area contributed by atoms with E-state index in [9.17, 15) is 19.2 Å². The number of benzene rings is 2. The average Bonchev–Trinajstić information content (AvgIpc) is 3.05. The van der Waals surface area contributed by atoms with Crippen molar-refractivity contribution in [3.05, 3.63) is 105 Å². The molecule has 0 atom stereocenters. The number of carbonyl (C=O) groups is 1. The third kappa shape index (κ3) is 3.78. The maximum atomic E-state index is 13.2. The molecule has 5 nitrogen and oxygen atoms in total. The van der Waals surface area contributed by atoms with Gasteiger partial charge in [0.2, 0.25) is 5.43 Å². The van der Waals surface area contributed by atoms with Crippen LogP contribution in [0.2, 0.25) is 0 Å². The number of ketones is 1. The van der Waals surface area contributed by atoms with Gasteiger partial charge in [0, 0.05) is 35.1 Å². The number of pyridine rings is 1. The molecule has 0 saturated carbocycles. The lowest BCUT2D eigenvalue weighted by Crippen LogP contribution is -2.17. The third-order valence-corrected chi connectivity index (χ3v) is 5.55. The summed E-state index contributed by atoms with van der Waals surface area (Å²) < 4.78 is 16.9. The topological polar surface area (TPSA) is 67.8 Å². The van der Waals surface area contributed by atoms with Crippen molar-refractivity contribution in [1.29, 1.82) is 5.26 Å². The zero-order valence-electron chi connectivity index (χ0n) is 17.2. The fraction of sp³-hybridized carbons (Fsp3) is 0.160. The van der Waals surface area contributed by atoms with Gasteiger partial charge in [-0.25, -0.2) is 4.39 Å². The van der Waals surface area contributed by atoms with E-state index in [1.807, 2.05) is 30.6 Å². The minimum Gasteiger partial charge on any atom is -0.344 e. The number of Topliss-reactive ketones (excluding diaryl/α,β-unsaturated/α-hetero) is 1. The van der Waals surface area contributed by atoms with Crippen molar-refractivity contribution in [2.45, 2.75) is 26.9 Å². The van der Waals surface area contributed by atoms with E-state index in [2.05, 4.69) is 0 Å². The molecule has 0 N–H and O–H groups in total. The molecule has 0 aliphatic carbocycles. The van der Waals surface area contributed by atoms with Crippen LogP contribution < -0.4 is 5.43 Å². The van der Waals surface area contributed by atoms with Crippen LogP contribution in [-0.2, 0) is 13.1 Å². The van der Waals surface area contributed by atoms with E-state index in [1.165, 1.54) is 18.3 Å². The highest BCUT2D eigenvalue weighted by molar-refractivity contribution is 5.98. The zero-order valence-corrected chi connectivity index (χ0v) is 17.2. The molecular formula is C25H20FN3O2. The van der Waals surface area contributed by atoms with E-state index in [0.29, 0.717) is 23.0 Å². The van der Waals surface area contributed by atoms with Crippen LogP contribution in [0, 0.1) is 31.0 Å². The Balaban J connectivity index is 1.69. The number of nitriles is 1. The van der Waals surface area contributed by atoms with Crippen molar-refractivity contribution in [2.24, 2.45) is 0 Å². The summed E-state index contributed by atoms with van der Waals surface area (Å²) in [5.74, 6) is -0.401. The van der Waals surface area contributed by atoms with Gasteiger partial charge in [0.05, 0.1) is 12.1 Å². The molecule has 0 aliphatic rings. The van der Waals surface area contributed by atoms with E-state index in [-0.39, 0.29) is 29.1 Å². The van der Waals surface area contributed by atoms with Crippen LogP contribution >= 0.6 is 0 Å². The van der Waals surface area contributed by atoms with Gasteiger partial charge in [-0.1, -0.05) is 24.3 Å². The summed E-state index contributed by atoms with van der Waals surface area (Å²) in [7, 11) is 0. The lowest BCUT2D eigenvalue weighted by Gasteiger charge is -2.12. The summed E-state index contributed by atoms with van der Waals surface area (Å²) in [4.78, 5) is 25.6. The Morgan fingerprint density at radius 1 is 1.10 bits per heavy atom. The number of fused-ring (bicyclic) bond motifs is 1. The van der Waals surface area contributed by atoms with E-state index in [1.54, 1.807) is 41.0 Å². The van der Waals surface area contributed by atoms with Gasteiger partial charge < -0.3 is 9.13 Å². The van der Waals surface area contributed by atoms with Crippen LogP contribution in [0.15, 0.2) is 65.6 Å². The summed E-state index contributed by atoms with van der Waals surface area (Å²) in [5.41, 5.74) is 3.55. The predicted molar refractivity (Wildman–Crippen MR) is 117 cm³/mol. The first-order valence-electron chi connectivity index (χ1n) is 9.85. The number of rotatable bonds is 5. The molecule has 0 unspecified atom stereocenters. The van der Waals surface area contributed by atoms with Gasteiger partial charge >= 0.3 is 0 Å². The summed E-state index contributed by atoms with van der Waals surface area (Å²) >= 11 is 0. The number of nitrogens with zero attached hydrogens (tertiary/aromatic N) is 3. The number of halogens is 1. The van der Waals surface area contributed by atoms with Gasteiger partial charge in [0.25, 0.3) is 0 Å². The second-order valence-electron chi connectivity index (χ2n) is 7.55. The minimum atomic E-state index is -0.334. The molecule has 0 bridgehead atoms. The largest absolute Gasteiger partial charge is 0.344 e. The predicted octanol–water partition coefficient (Wildman–Crippen LogP) is 4.36. The Hall–Kier alpha value is -3.98. The number of aromatic nitrogens is 2. The van der Waals surface area contributed by atoms with E-state index >= 15 is 0 Å². The van der Waals surface area contributed by atoms with Crippen molar-refractivity contribution in [3.63, 3.8) is 0 Å². The fourth-order valence-electron chi connectivity index (χ4n) is 3.89. The Morgan fingerprint density at radius 3 is 2.52 bits per heavy atom. The fourth-order valence-corrected chi connectivity index (χ4v) is 3.89. The second-order valence-corrected chi connectivity index (χ2v) is 7.55. The number of hydrogen-bond donors (Lipinski definition) is 0. The molecule has 2 aromatic heterocycles. The van der Waals surface area contributed by atoms with Crippen LogP contribution in [-0.4, -0.2) is 14.9 Å². The maximum absolute atomic E-state index is 13.2. The van der Waals surface area contributed by atoms with E-state index in [0.717, 1.165) is 17.0 Å². The van der Waals surface area contributed by atoms with Gasteiger partial charge in [-0.05, 0) is 49.7 Å². The molecule has 0 radical (unpaired) electrons. The molecule has 0 fully saturated rings. The second kappa shape index (κ2) is 8.04. The third-order valence-electron chi connectivity index (χ3n) is 5.55. The Morgan fingerprint density at radius 2 is 1.81 bits per heavy atom. The first-order chi connectivity index (χ1) is 14.9. The summed E-state index contributed by atoms with van der Waals surface area (Å²) in [6, 6.07) is 17.0. The standard InChI is InChI=1S/C25H20FN3O2/c1-16-11-22(17(2)29(16)13-18-7-9-20(26)10-8-18)24(30)15-28-14-19(12-27)25(31)21-5-3-4-6-23(21)28/h3-11,14H,13,15H2,1-2H3. The van der Waals surface area contributed by atoms with Crippen molar-refractivity contribution in [1.82, 2.24) is 9.13 Å². The molecule has 2 heterocycles. The van der Waals surface area contributed by atoms with Crippen LogP contribution in [0.1, 0.15) is 32.9 Å². The van der Waals surface area contributed by atoms with Gasteiger partial charge in [-0.3, -0.25) is 9.59 Å². The van der Waals surface area contributed by atoms with Gasteiger partial charge in [-0.15, -0.1) is 0 Å². The van der Waals surface area contributed by atoms with Gasteiger partial charge in [-0.2, -0.15) is 5.26 Å². The van der Waals surface area contributed by atoms with Crippen LogP contribution in [0.25, 0.3) is 10.9 Å². The van der Waals surface area contributed by atoms with Crippen LogP contribution in [0.4, 0.5) is 4.39 Å². The Kier molecular flexibility index (Phi) is 5.26. The summed E-state index contributed by atoms with van der Waals surface area (Å²) in [5, 5.41) is 9.73. The number of para-hydroxylation sites is 1. The quantitative estimate of drug-likeness (QED) is 0.457. The molecule has 4 rings (SSSR count). The molecule has 0 amide bonds. The Labute approximate surface area is 178 Å². The average molecular weight is 413 g/mol. The lowest BCUT2D eigenvalue weighted by atomic mass is 10.1. The van der Waals surface area contributed by atoms with E-state index in [4.69, 9.17) is 0 Å². The molecule has 2 aromatic carbocycles. The SMILES string of the molecule is Cc1cc(C(=O)Cn2cc(C#N)c(=O)c3ccccc32)c(C)n1Cc1ccc(F)cc1. The molecule has 31 heavy (non-hydrogen) atoms. The highest BCUT2D eigenvalue weighted by Crippen LogP contribution is 2.20. The van der Waals surface area contributed by atoms with Gasteiger partial charge in [0.1, 0.15) is 17.4 Å². The van der Waals surface area contributed by atoms with Gasteiger partial charge in [0.15, 0.2) is 5.78 Å². The zero-order chi connectivity index (χ0) is 22.1. The smallest absolute Gasteiger partial charge is 0.207 e. The number of hydrogen-bond acceptors (Lipinski definition) is 3. The van der Waals surface area contributed by atoms with Crippen LogP contribution in [0.5, 0.6) is 0 Å². The molecule has 0 spiro atoms. The van der Waals surface area contributed by atoms with Crippen molar-refractivity contribution in [2.75, 3.05) is 0 Å². The molecule has 0 aliphatic heterocycles. The molecular weight excluding hydrogens is 393 g/mol. The Bertz CT molecular complexity index is 1410. The van der Waals surface area contributed by atoms with Crippen molar-refractivity contribution >= 4 is 16.7 Å². The lowest BCUT2D eigenvalue weighted by molar-refractivity contribution is 0.0972. The van der Waals surface area contributed by atoms with Crippen molar-refractivity contribution < 1.29 is 9.18 Å². The maximum Gasteiger partial charge on any atom is 0.207 e. The minimum absolute atomic E-state index is 0.00767. The number of carbonyl (C=O) groups excluding carboxylic acids is 1. The molecule has 0 saturated heterocycles. The van der Waals surface area contributed by atoms with E-state index < -0.39 is 0 Å². The van der Waals surface area contributed by atoms with Crippen molar-refractivity contribution in [3.8, 4) is 6.07 Å². The molecule has 6 heteroatoms. The highest BCUT2D eigenvalue weighted by atomic mass is 19.1. The summed E-state index contributed by atoms with van der Waals surface area (Å²) in [6.45, 7) is 4.35. The monoisotopic (exact) mass is 413 g/mol. The number of aryl methyl sites for hydroxylation is 1. The van der Waals surface area contributed by atoms with Crippen LogP contribution in [0.3, 0.4) is 0 Å². The molecule has 154 valence electrons.